The van der Waals surface area contributed by atoms with Gasteiger partial charge in [-0.3, -0.25) is 4.79 Å². The molecule has 6 nitrogen and oxygen atoms in total. The molecule has 0 aliphatic heterocycles. The van der Waals surface area contributed by atoms with Crippen molar-refractivity contribution in [3.8, 4) is 0 Å². The van der Waals surface area contributed by atoms with Crippen LogP contribution in [0.5, 0.6) is 0 Å². The maximum absolute atomic E-state index is 12.8. The van der Waals surface area contributed by atoms with Gasteiger partial charge in [0, 0.05) is 28.5 Å². The van der Waals surface area contributed by atoms with Gasteiger partial charge in [0.05, 0.1) is 17.9 Å². The summed E-state index contributed by atoms with van der Waals surface area (Å²) in [6, 6.07) is 12.8. The van der Waals surface area contributed by atoms with E-state index >= 15 is 0 Å². The molecule has 158 valence electrons. The van der Waals surface area contributed by atoms with E-state index in [4.69, 9.17) is 0 Å². The van der Waals surface area contributed by atoms with Gasteiger partial charge in [-0.05, 0) is 49.1 Å². The molecular weight excluding hydrogens is 418 g/mol. The summed E-state index contributed by atoms with van der Waals surface area (Å²) < 4.78 is 28.5. The number of aromatic nitrogens is 1. The van der Waals surface area contributed by atoms with Gasteiger partial charge in [0.25, 0.3) is 5.91 Å². The third-order valence-corrected chi connectivity index (χ3v) is 6.91. The normalized spacial score (nSPS) is 11.4. The van der Waals surface area contributed by atoms with E-state index in [0.717, 1.165) is 17.9 Å². The summed E-state index contributed by atoms with van der Waals surface area (Å²) in [5, 5.41) is 4.94. The van der Waals surface area contributed by atoms with Gasteiger partial charge < -0.3 is 9.88 Å². The lowest BCUT2D eigenvalue weighted by Crippen LogP contribution is -2.25. The molecule has 0 spiro atoms. The molecule has 0 bridgehead atoms. The number of aryl methyl sites for hydroxylation is 1. The molecule has 0 saturated carbocycles. The van der Waals surface area contributed by atoms with Crippen LogP contribution >= 0.6 is 11.3 Å². The maximum Gasteiger partial charge on any atom is 0.257 e. The molecule has 2 heterocycles. The van der Waals surface area contributed by atoms with Crippen LogP contribution in [0.4, 0.5) is 5.69 Å². The monoisotopic (exact) mass is 443 g/mol. The van der Waals surface area contributed by atoms with Crippen molar-refractivity contribution in [2.75, 3.05) is 11.9 Å². The fourth-order valence-corrected chi connectivity index (χ4v) is 4.97. The van der Waals surface area contributed by atoms with E-state index in [2.05, 4.69) is 27.3 Å². The van der Waals surface area contributed by atoms with Crippen molar-refractivity contribution < 1.29 is 13.2 Å². The first-order valence-electron chi connectivity index (χ1n) is 9.46. The number of benzene rings is 1. The van der Waals surface area contributed by atoms with Gasteiger partial charge in [0.1, 0.15) is 0 Å². The highest BCUT2D eigenvalue weighted by Gasteiger charge is 2.17. The van der Waals surface area contributed by atoms with Crippen LogP contribution in [0.2, 0.25) is 0 Å². The predicted octanol–water partition coefficient (Wildman–Crippen LogP) is 4.07. The Bertz CT molecular complexity index is 1130. The van der Waals surface area contributed by atoms with Crippen LogP contribution in [0.3, 0.4) is 0 Å². The lowest BCUT2D eigenvalue weighted by Gasteiger charge is -2.09. The first kappa shape index (κ1) is 22.0. The van der Waals surface area contributed by atoms with Crippen LogP contribution in [0.15, 0.2) is 60.5 Å². The number of thiophene rings is 1. The Balaban J connectivity index is 1.68. The van der Waals surface area contributed by atoms with Crippen LogP contribution in [0.25, 0.3) is 0 Å². The number of amides is 1. The number of rotatable bonds is 9. The third-order valence-electron chi connectivity index (χ3n) is 4.73. The standard InChI is InChI=1S/C22H25N3O3S2/c1-4-11-23-30(27,28)15-18-7-9-19(10-8-18)24-22(26)21-13-16(2)25(17(21)3)14-20-6-5-12-29-20/h4-10,12-13,23H,1,11,14-15H2,2-3H3,(H,24,26). The molecule has 0 saturated heterocycles. The number of anilines is 1. The minimum atomic E-state index is -3.42. The number of nitrogens with one attached hydrogen (secondary N) is 2. The average molecular weight is 444 g/mol. The second-order valence-corrected chi connectivity index (χ2v) is 9.84. The highest BCUT2D eigenvalue weighted by atomic mass is 32.2. The van der Waals surface area contributed by atoms with E-state index in [-0.39, 0.29) is 18.2 Å². The van der Waals surface area contributed by atoms with E-state index in [1.54, 1.807) is 35.6 Å². The molecule has 2 aromatic heterocycles. The van der Waals surface area contributed by atoms with Crippen LogP contribution in [-0.4, -0.2) is 25.4 Å². The highest BCUT2D eigenvalue weighted by Crippen LogP contribution is 2.21. The second kappa shape index (κ2) is 9.42. The molecule has 8 heteroatoms. The molecule has 0 radical (unpaired) electrons. The van der Waals surface area contributed by atoms with Crippen molar-refractivity contribution in [1.82, 2.24) is 9.29 Å². The summed E-state index contributed by atoms with van der Waals surface area (Å²) in [4.78, 5) is 14.0. The SMILES string of the molecule is C=CCNS(=O)(=O)Cc1ccc(NC(=O)c2cc(C)n(Cc3cccs3)c2C)cc1. The smallest absolute Gasteiger partial charge is 0.257 e. The van der Waals surface area contributed by atoms with Crippen molar-refractivity contribution in [1.29, 1.82) is 0 Å². The molecule has 0 fully saturated rings. The zero-order chi connectivity index (χ0) is 21.7. The lowest BCUT2D eigenvalue weighted by molar-refractivity contribution is 0.102. The minimum absolute atomic E-state index is 0.126. The molecule has 1 amide bonds. The van der Waals surface area contributed by atoms with Crippen LogP contribution < -0.4 is 10.0 Å². The molecule has 2 N–H and O–H groups in total. The number of nitrogens with zero attached hydrogens (tertiary/aromatic N) is 1. The van der Waals surface area contributed by atoms with Crippen molar-refractivity contribution >= 4 is 33.0 Å². The lowest BCUT2D eigenvalue weighted by atomic mass is 10.2. The fourth-order valence-electron chi connectivity index (χ4n) is 3.17. The Morgan fingerprint density at radius 2 is 1.93 bits per heavy atom. The molecule has 0 aliphatic carbocycles. The Kier molecular flexibility index (Phi) is 6.91. The van der Waals surface area contributed by atoms with Crippen molar-refractivity contribution in [2.45, 2.75) is 26.1 Å². The van der Waals surface area contributed by atoms with E-state index in [9.17, 15) is 13.2 Å². The van der Waals surface area contributed by atoms with Crippen molar-refractivity contribution in [3.63, 3.8) is 0 Å². The molecule has 3 aromatic rings. The van der Waals surface area contributed by atoms with Gasteiger partial charge in [0.2, 0.25) is 10.0 Å². The number of hydrogen-bond acceptors (Lipinski definition) is 4. The molecule has 3 rings (SSSR count). The van der Waals surface area contributed by atoms with Crippen molar-refractivity contribution in [2.24, 2.45) is 0 Å². The minimum Gasteiger partial charge on any atom is -0.343 e. The van der Waals surface area contributed by atoms with Crippen LogP contribution in [0.1, 0.15) is 32.2 Å². The Labute approximate surface area is 181 Å². The zero-order valence-electron chi connectivity index (χ0n) is 17.0. The Morgan fingerprint density at radius 3 is 2.57 bits per heavy atom. The van der Waals surface area contributed by atoms with E-state index in [0.29, 0.717) is 16.8 Å². The number of sulfonamides is 1. The summed E-state index contributed by atoms with van der Waals surface area (Å²) >= 11 is 1.69. The molecular formula is C22H25N3O3S2. The Hall–Kier alpha value is -2.68. The second-order valence-electron chi connectivity index (χ2n) is 7.00. The Morgan fingerprint density at radius 1 is 1.20 bits per heavy atom. The molecule has 1 aromatic carbocycles. The third kappa shape index (κ3) is 5.47. The number of carbonyl (C=O) groups excluding carboxylic acids is 1. The number of hydrogen-bond donors (Lipinski definition) is 2. The molecule has 0 unspecified atom stereocenters. The van der Waals surface area contributed by atoms with Gasteiger partial charge in [0.15, 0.2) is 0 Å². The quantitative estimate of drug-likeness (QED) is 0.489. The van der Waals surface area contributed by atoms with Gasteiger partial charge in [-0.25, -0.2) is 13.1 Å². The van der Waals surface area contributed by atoms with Gasteiger partial charge in [-0.2, -0.15) is 0 Å². The molecule has 0 atom stereocenters. The zero-order valence-corrected chi connectivity index (χ0v) is 18.6. The summed E-state index contributed by atoms with van der Waals surface area (Å²) in [5.41, 5.74) is 3.82. The first-order valence-corrected chi connectivity index (χ1v) is 12.0. The maximum atomic E-state index is 12.8. The van der Waals surface area contributed by atoms with E-state index in [1.807, 2.05) is 31.4 Å². The first-order chi connectivity index (χ1) is 14.3. The molecule has 0 aliphatic rings. The predicted molar refractivity (Wildman–Crippen MR) is 123 cm³/mol. The van der Waals surface area contributed by atoms with E-state index < -0.39 is 10.0 Å². The molecule has 30 heavy (non-hydrogen) atoms. The van der Waals surface area contributed by atoms with Gasteiger partial charge in [-0.1, -0.05) is 24.3 Å². The average Bonchev–Trinajstić information content (AvgIpc) is 3.31. The van der Waals surface area contributed by atoms with E-state index in [1.165, 1.54) is 11.0 Å². The summed E-state index contributed by atoms with van der Waals surface area (Å²) in [6.07, 6.45) is 1.49. The van der Waals surface area contributed by atoms with Crippen LogP contribution in [-0.2, 0) is 22.3 Å². The van der Waals surface area contributed by atoms with Gasteiger partial charge in [-0.15, -0.1) is 17.9 Å². The summed E-state index contributed by atoms with van der Waals surface area (Å²) in [6.45, 7) is 8.37. The largest absolute Gasteiger partial charge is 0.343 e. The fraction of sp³-hybridized carbons (Fsp3) is 0.227. The van der Waals surface area contributed by atoms with Crippen molar-refractivity contribution in [3.05, 3.63) is 87.9 Å². The topological polar surface area (TPSA) is 80.2 Å². The number of carbonyl (C=O) groups is 1. The summed E-state index contributed by atoms with van der Waals surface area (Å²) in [7, 11) is -3.42. The van der Waals surface area contributed by atoms with Gasteiger partial charge >= 0.3 is 0 Å². The highest BCUT2D eigenvalue weighted by molar-refractivity contribution is 7.88. The summed E-state index contributed by atoms with van der Waals surface area (Å²) in [5.74, 6) is -0.313. The van der Waals surface area contributed by atoms with Crippen LogP contribution in [0, 0.1) is 13.8 Å².